The number of benzene rings is 2. The minimum absolute atomic E-state index is 0.201. The van der Waals surface area contributed by atoms with Crippen LogP contribution in [0.15, 0.2) is 71.7 Å². The third kappa shape index (κ3) is 4.59. The Hall–Kier alpha value is -2.37. The van der Waals surface area contributed by atoms with E-state index in [1.807, 2.05) is 12.1 Å². The van der Waals surface area contributed by atoms with Gasteiger partial charge in [-0.2, -0.15) is 0 Å². The Morgan fingerprint density at radius 3 is 2.32 bits per heavy atom. The lowest BCUT2D eigenvalue weighted by Gasteiger charge is -2.10. The van der Waals surface area contributed by atoms with Gasteiger partial charge in [0.15, 0.2) is 0 Å². The Kier molecular flexibility index (Phi) is 5.36. The standard InChI is InChI=1S/C20H21NO3S/c22-19-10-6-16(7-11-19)14-15-21-25(23,24)20-12-8-18(9-13-20)17-4-2-1-3-5-17/h2,4-13,21-22H,1,3,14-15H2. The van der Waals surface area contributed by atoms with Crippen LogP contribution in [0.3, 0.4) is 0 Å². The quantitative estimate of drug-likeness (QED) is 0.831. The molecule has 0 aliphatic heterocycles. The van der Waals surface area contributed by atoms with Crippen molar-refractivity contribution < 1.29 is 13.5 Å². The van der Waals surface area contributed by atoms with E-state index in [1.165, 1.54) is 0 Å². The monoisotopic (exact) mass is 355 g/mol. The summed E-state index contributed by atoms with van der Waals surface area (Å²) in [5.74, 6) is 0.201. The van der Waals surface area contributed by atoms with E-state index >= 15 is 0 Å². The summed E-state index contributed by atoms with van der Waals surface area (Å²) >= 11 is 0. The van der Waals surface area contributed by atoms with Gasteiger partial charge >= 0.3 is 0 Å². The maximum absolute atomic E-state index is 12.4. The van der Waals surface area contributed by atoms with Crippen molar-refractivity contribution in [3.8, 4) is 5.75 Å². The van der Waals surface area contributed by atoms with Crippen molar-refractivity contribution in [1.82, 2.24) is 4.72 Å². The second-order valence-electron chi connectivity index (χ2n) is 5.98. The summed E-state index contributed by atoms with van der Waals surface area (Å²) in [5.41, 5.74) is 3.13. The Morgan fingerprint density at radius 1 is 0.960 bits per heavy atom. The molecule has 0 saturated carbocycles. The summed E-state index contributed by atoms with van der Waals surface area (Å²) in [6.45, 7) is 0.308. The number of hydrogen-bond donors (Lipinski definition) is 2. The Bertz CT molecular complexity index is 880. The molecule has 4 nitrogen and oxygen atoms in total. The molecule has 130 valence electrons. The molecular formula is C20H21NO3S. The van der Waals surface area contributed by atoms with Crippen molar-refractivity contribution in [2.75, 3.05) is 6.54 Å². The summed E-state index contributed by atoms with van der Waals surface area (Å²) < 4.78 is 27.4. The molecule has 0 unspecified atom stereocenters. The summed E-state index contributed by atoms with van der Waals surface area (Å²) in [4.78, 5) is 0.266. The highest BCUT2D eigenvalue weighted by atomic mass is 32.2. The van der Waals surface area contributed by atoms with Crippen LogP contribution in [0.2, 0.25) is 0 Å². The van der Waals surface area contributed by atoms with Crippen LogP contribution in [0, 0.1) is 0 Å². The molecule has 5 heteroatoms. The summed E-state index contributed by atoms with van der Waals surface area (Å²) in [7, 11) is -3.52. The predicted molar refractivity (Wildman–Crippen MR) is 99.8 cm³/mol. The zero-order valence-electron chi connectivity index (χ0n) is 13.9. The highest BCUT2D eigenvalue weighted by Gasteiger charge is 2.13. The molecule has 3 rings (SSSR count). The van der Waals surface area contributed by atoms with Crippen molar-refractivity contribution in [2.24, 2.45) is 0 Å². The molecule has 0 atom stereocenters. The van der Waals surface area contributed by atoms with Crippen LogP contribution in [0.5, 0.6) is 5.75 Å². The summed E-state index contributed by atoms with van der Waals surface area (Å²) in [5, 5.41) is 9.26. The summed E-state index contributed by atoms with van der Waals surface area (Å²) in [6, 6.07) is 13.7. The molecule has 0 spiro atoms. The second-order valence-corrected chi connectivity index (χ2v) is 7.74. The number of nitrogens with one attached hydrogen (secondary N) is 1. The van der Waals surface area contributed by atoms with Gasteiger partial charge in [-0.25, -0.2) is 13.1 Å². The van der Waals surface area contributed by atoms with Crippen LogP contribution in [0.4, 0.5) is 0 Å². The van der Waals surface area contributed by atoms with Crippen molar-refractivity contribution >= 4 is 15.6 Å². The van der Waals surface area contributed by atoms with Gasteiger partial charge in [0, 0.05) is 6.54 Å². The fourth-order valence-corrected chi connectivity index (χ4v) is 3.76. The molecule has 1 aliphatic rings. The lowest BCUT2D eigenvalue weighted by atomic mass is 10.00. The Labute approximate surface area is 148 Å². The van der Waals surface area contributed by atoms with Crippen LogP contribution in [0.1, 0.15) is 24.0 Å². The first-order chi connectivity index (χ1) is 12.0. The van der Waals surface area contributed by atoms with Crippen molar-refractivity contribution in [2.45, 2.75) is 24.2 Å². The molecule has 1 aliphatic carbocycles. The molecular weight excluding hydrogens is 334 g/mol. The fourth-order valence-electron chi connectivity index (χ4n) is 2.73. The van der Waals surface area contributed by atoms with Gasteiger partial charge in [-0.3, -0.25) is 0 Å². The van der Waals surface area contributed by atoms with Crippen LogP contribution >= 0.6 is 0 Å². The molecule has 2 N–H and O–H groups in total. The molecule has 0 radical (unpaired) electrons. The van der Waals surface area contributed by atoms with Gasteiger partial charge in [0.2, 0.25) is 10.0 Å². The number of allylic oxidation sites excluding steroid dienone is 4. The Balaban J connectivity index is 1.62. The molecule has 0 amide bonds. The summed E-state index contributed by atoms with van der Waals surface area (Å²) in [6.07, 6.45) is 9.01. The van der Waals surface area contributed by atoms with E-state index in [-0.39, 0.29) is 10.6 Å². The molecule has 0 heterocycles. The van der Waals surface area contributed by atoms with Crippen LogP contribution in [0.25, 0.3) is 5.57 Å². The highest BCUT2D eigenvalue weighted by molar-refractivity contribution is 7.89. The maximum atomic E-state index is 12.4. The minimum Gasteiger partial charge on any atom is -0.508 e. The van der Waals surface area contributed by atoms with Crippen LogP contribution in [-0.4, -0.2) is 20.1 Å². The van der Waals surface area contributed by atoms with E-state index < -0.39 is 10.0 Å². The zero-order chi connectivity index (χ0) is 17.7. The van der Waals surface area contributed by atoms with Crippen molar-refractivity contribution in [3.63, 3.8) is 0 Å². The number of phenols is 1. The topological polar surface area (TPSA) is 66.4 Å². The molecule has 2 aromatic rings. The minimum atomic E-state index is -3.52. The van der Waals surface area contributed by atoms with Gasteiger partial charge in [0.1, 0.15) is 5.75 Å². The number of rotatable bonds is 6. The molecule has 0 fully saturated rings. The lowest BCUT2D eigenvalue weighted by Crippen LogP contribution is -2.26. The van der Waals surface area contributed by atoms with Gasteiger partial charge in [0.25, 0.3) is 0 Å². The Morgan fingerprint density at radius 2 is 1.68 bits per heavy atom. The predicted octanol–water partition coefficient (Wildman–Crippen LogP) is 3.65. The molecule has 25 heavy (non-hydrogen) atoms. The average molecular weight is 355 g/mol. The highest BCUT2D eigenvalue weighted by Crippen LogP contribution is 2.22. The average Bonchev–Trinajstić information content (AvgIpc) is 2.64. The number of sulfonamides is 1. The van der Waals surface area contributed by atoms with Crippen molar-refractivity contribution in [3.05, 3.63) is 77.9 Å². The zero-order valence-corrected chi connectivity index (χ0v) is 14.7. The van der Waals surface area contributed by atoms with Gasteiger partial charge in [-0.05, 0) is 60.2 Å². The van der Waals surface area contributed by atoms with Crippen LogP contribution in [-0.2, 0) is 16.4 Å². The molecule has 0 aromatic heterocycles. The maximum Gasteiger partial charge on any atom is 0.240 e. The van der Waals surface area contributed by atoms with E-state index in [0.717, 1.165) is 29.5 Å². The van der Waals surface area contributed by atoms with Gasteiger partial charge in [0.05, 0.1) is 4.90 Å². The third-order valence-corrected chi connectivity index (χ3v) is 5.61. The van der Waals surface area contributed by atoms with Crippen LogP contribution < -0.4 is 4.72 Å². The number of phenolic OH excluding ortho intramolecular Hbond substituents is 1. The van der Waals surface area contributed by atoms with E-state index in [1.54, 1.807) is 36.4 Å². The largest absolute Gasteiger partial charge is 0.508 e. The fraction of sp³-hybridized carbons (Fsp3) is 0.200. The van der Waals surface area contributed by atoms with Crippen molar-refractivity contribution in [1.29, 1.82) is 0 Å². The first-order valence-electron chi connectivity index (χ1n) is 8.29. The van der Waals surface area contributed by atoms with Gasteiger partial charge < -0.3 is 5.11 Å². The molecule has 0 bridgehead atoms. The van der Waals surface area contributed by atoms with E-state index in [4.69, 9.17) is 0 Å². The molecule has 2 aromatic carbocycles. The first-order valence-corrected chi connectivity index (χ1v) is 9.78. The van der Waals surface area contributed by atoms with E-state index in [2.05, 4.69) is 23.0 Å². The first kappa shape index (κ1) is 17.5. The number of aromatic hydroxyl groups is 1. The smallest absolute Gasteiger partial charge is 0.240 e. The normalized spacial score (nSPS) is 14.3. The van der Waals surface area contributed by atoms with E-state index in [0.29, 0.717) is 13.0 Å². The lowest BCUT2D eigenvalue weighted by molar-refractivity contribution is 0.475. The second kappa shape index (κ2) is 7.68. The van der Waals surface area contributed by atoms with Gasteiger partial charge in [-0.1, -0.05) is 42.5 Å². The van der Waals surface area contributed by atoms with Gasteiger partial charge in [-0.15, -0.1) is 0 Å². The van der Waals surface area contributed by atoms with E-state index in [9.17, 15) is 13.5 Å². The SMILES string of the molecule is O=S(=O)(NCCc1ccc(O)cc1)c1ccc(C2=CCCC=C2)cc1. The third-order valence-electron chi connectivity index (χ3n) is 4.14. The molecule has 0 saturated heterocycles. The number of hydrogen-bond acceptors (Lipinski definition) is 3.